The second-order valence-electron chi connectivity index (χ2n) is 2.84. The summed E-state index contributed by atoms with van der Waals surface area (Å²) >= 11 is 2.47. The fourth-order valence-electron chi connectivity index (χ4n) is 0.922. The van der Waals surface area contributed by atoms with Crippen LogP contribution in [0.25, 0.3) is 0 Å². The summed E-state index contributed by atoms with van der Waals surface area (Å²) in [5, 5.41) is 17.0. The monoisotopic (exact) mass is 258 g/mol. The van der Waals surface area contributed by atoms with Crippen molar-refractivity contribution in [3.63, 3.8) is 0 Å². The molecule has 0 aliphatic rings. The molecule has 0 aliphatic carbocycles. The van der Waals surface area contributed by atoms with E-state index < -0.39 is 11.9 Å². The van der Waals surface area contributed by atoms with Gasteiger partial charge in [0.15, 0.2) is 0 Å². The highest BCUT2D eigenvalue weighted by Gasteiger charge is 2.02. The molecule has 1 aromatic rings. The fraction of sp³-hybridized carbons (Fsp3) is 0.200. The Hall–Kier alpha value is -1.14. The van der Waals surface area contributed by atoms with E-state index in [1.807, 2.05) is 0 Å². The van der Waals surface area contributed by atoms with Gasteiger partial charge < -0.3 is 10.2 Å². The molecule has 0 radical (unpaired) electrons. The van der Waals surface area contributed by atoms with E-state index in [1.54, 1.807) is 24.3 Å². The molecule has 0 saturated carbocycles. The second kappa shape index (κ2) is 6.44. The zero-order valence-electron chi connectivity index (χ0n) is 8.25. The Morgan fingerprint density at radius 3 is 1.44 bits per heavy atom. The van der Waals surface area contributed by atoms with Crippen LogP contribution in [0.1, 0.15) is 0 Å². The third-order valence-corrected chi connectivity index (χ3v) is 3.54. The van der Waals surface area contributed by atoms with Crippen molar-refractivity contribution in [2.24, 2.45) is 0 Å². The first kappa shape index (κ1) is 12.9. The van der Waals surface area contributed by atoms with Crippen molar-refractivity contribution in [3.05, 3.63) is 24.3 Å². The van der Waals surface area contributed by atoms with Crippen LogP contribution in [-0.2, 0) is 9.59 Å². The number of carbonyl (C=O) groups is 2. The highest BCUT2D eigenvalue weighted by molar-refractivity contribution is 8.00. The Morgan fingerprint density at radius 1 is 0.875 bits per heavy atom. The number of hydrogen-bond acceptors (Lipinski definition) is 4. The minimum absolute atomic E-state index is 0.0294. The Morgan fingerprint density at radius 2 is 1.19 bits per heavy atom. The maximum Gasteiger partial charge on any atom is 0.313 e. The molecule has 0 atom stereocenters. The minimum Gasteiger partial charge on any atom is -0.481 e. The van der Waals surface area contributed by atoms with Crippen molar-refractivity contribution in [2.45, 2.75) is 9.79 Å². The lowest BCUT2D eigenvalue weighted by Crippen LogP contribution is -1.98. The summed E-state index contributed by atoms with van der Waals surface area (Å²) < 4.78 is 0. The zero-order valence-corrected chi connectivity index (χ0v) is 9.88. The van der Waals surface area contributed by atoms with Gasteiger partial charge in [-0.3, -0.25) is 9.59 Å². The lowest BCUT2D eigenvalue weighted by Gasteiger charge is -2.01. The van der Waals surface area contributed by atoms with E-state index in [9.17, 15) is 9.59 Å². The Bertz CT molecular complexity index is 338. The largest absolute Gasteiger partial charge is 0.481 e. The third kappa shape index (κ3) is 5.09. The van der Waals surface area contributed by atoms with Gasteiger partial charge in [-0.25, -0.2) is 0 Å². The highest BCUT2D eigenvalue weighted by Crippen LogP contribution is 2.23. The molecule has 16 heavy (non-hydrogen) atoms. The first-order valence-corrected chi connectivity index (χ1v) is 6.34. The quantitative estimate of drug-likeness (QED) is 0.761. The number of hydrogen-bond donors (Lipinski definition) is 2. The number of carboxylic acids is 2. The molecule has 6 heteroatoms. The molecule has 1 aromatic carbocycles. The molecule has 0 amide bonds. The van der Waals surface area contributed by atoms with E-state index in [0.717, 1.165) is 9.79 Å². The summed E-state index contributed by atoms with van der Waals surface area (Å²) in [5.74, 6) is -1.65. The van der Waals surface area contributed by atoms with E-state index in [2.05, 4.69) is 0 Å². The first-order valence-electron chi connectivity index (χ1n) is 4.37. The molecular weight excluding hydrogens is 248 g/mol. The Kier molecular flexibility index (Phi) is 5.21. The second-order valence-corrected chi connectivity index (χ2v) is 4.93. The van der Waals surface area contributed by atoms with Crippen LogP contribution in [0, 0.1) is 0 Å². The normalized spacial score (nSPS) is 10.0. The van der Waals surface area contributed by atoms with Crippen molar-refractivity contribution in [1.29, 1.82) is 0 Å². The van der Waals surface area contributed by atoms with Gasteiger partial charge in [-0.15, -0.1) is 23.5 Å². The SMILES string of the molecule is O=C(O)CSc1ccc(SCC(=O)O)cc1. The molecule has 0 aromatic heterocycles. The summed E-state index contributed by atoms with van der Waals surface area (Å²) in [6.45, 7) is 0. The lowest BCUT2D eigenvalue weighted by molar-refractivity contribution is -0.134. The van der Waals surface area contributed by atoms with Crippen LogP contribution >= 0.6 is 23.5 Å². The van der Waals surface area contributed by atoms with Crippen LogP contribution in [-0.4, -0.2) is 33.7 Å². The average molecular weight is 258 g/mol. The van der Waals surface area contributed by atoms with Gasteiger partial charge in [-0.05, 0) is 24.3 Å². The van der Waals surface area contributed by atoms with Crippen LogP contribution in [0.2, 0.25) is 0 Å². The van der Waals surface area contributed by atoms with E-state index >= 15 is 0 Å². The topological polar surface area (TPSA) is 74.6 Å². The van der Waals surface area contributed by atoms with Gasteiger partial charge in [0, 0.05) is 9.79 Å². The van der Waals surface area contributed by atoms with Crippen LogP contribution in [0.3, 0.4) is 0 Å². The van der Waals surface area contributed by atoms with Crippen LogP contribution in [0.15, 0.2) is 34.1 Å². The maximum absolute atomic E-state index is 10.3. The van der Waals surface area contributed by atoms with Gasteiger partial charge in [-0.2, -0.15) is 0 Å². The number of aliphatic carboxylic acids is 2. The summed E-state index contributed by atoms with van der Waals surface area (Å²) in [4.78, 5) is 22.4. The molecule has 0 unspecified atom stereocenters. The number of carboxylic acid groups (broad SMARTS) is 2. The van der Waals surface area contributed by atoms with Gasteiger partial charge in [0.05, 0.1) is 11.5 Å². The van der Waals surface area contributed by atoms with Crippen molar-refractivity contribution < 1.29 is 19.8 Å². The predicted octanol–water partition coefficient (Wildman–Crippen LogP) is 2.04. The van der Waals surface area contributed by atoms with Crippen molar-refractivity contribution in [2.75, 3.05) is 11.5 Å². The Balaban J connectivity index is 2.47. The molecule has 2 N–H and O–H groups in total. The molecule has 0 heterocycles. The van der Waals surface area contributed by atoms with Gasteiger partial charge >= 0.3 is 11.9 Å². The molecule has 4 nitrogen and oxygen atoms in total. The molecule has 1 rings (SSSR count). The predicted molar refractivity (Wildman–Crippen MR) is 63.2 cm³/mol. The van der Waals surface area contributed by atoms with E-state index in [-0.39, 0.29) is 11.5 Å². The summed E-state index contributed by atoms with van der Waals surface area (Å²) in [6.07, 6.45) is 0. The summed E-state index contributed by atoms with van der Waals surface area (Å²) in [5.41, 5.74) is 0. The van der Waals surface area contributed by atoms with Gasteiger partial charge in [0.25, 0.3) is 0 Å². The van der Waals surface area contributed by atoms with Crippen molar-refractivity contribution in [1.82, 2.24) is 0 Å². The van der Waals surface area contributed by atoms with Gasteiger partial charge in [0.1, 0.15) is 0 Å². The van der Waals surface area contributed by atoms with Gasteiger partial charge in [-0.1, -0.05) is 0 Å². The standard InChI is InChI=1S/C10H10O4S2/c11-9(12)5-15-7-1-2-8(4-3-7)16-6-10(13)14/h1-4H,5-6H2,(H,11,12)(H,13,14). The van der Waals surface area contributed by atoms with Crippen molar-refractivity contribution in [3.8, 4) is 0 Å². The molecular formula is C10H10O4S2. The maximum atomic E-state index is 10.3. The van der Waals surface area contributed by atoms with Crippen LogP contribution in [0.4, 0.5) is 0 Å². The van der Waals surface area contributed by atoms with Crippen LogP contribution in [0.5, 0.6) is 0 Å². The van der Waals surface area contributed by atoms with E-state index in [0.29, 0.717) is 0 Å². The fourth-order valence-corrected chi connectivity index (χ4v) is 2.16. The van der Waals surface area contributed by atoms with E-state index in [4.69, 9.17) is 10.2 Å². The van der Waals surface area contributed by atoms with E-state index in [1.165, 1.54) is 23.5 Å². The molecule has 0 saturated heterocycles. The number of benzene rings is 1. The number of thioether (sulfide) groups is 2. The number of rotatable bonds is 6. The molecule has 0 bridgehead atoms. The average Bonchev–Trinajstić information content (AvgIpc) is 2.25. The smallest absolute Gasteiger partial charge is 0.313 e. The van der Waals surface area contributed by atoms with Crippen LogP contribution < -0.4 is 0 Å². The first-order chi connectivity index (χ1) is 7.58. The zero-order chi connectivity index (χ0) is 12.0. The van der Waals surface area contributed by atoms with Crippen molar-refractivity contribution >= 4 is 35.5 Å². The molecule has 86 valence electrons. The lowest BCUT2D eigenvalue weighted by atomic mass is 10.4. The third-order valence-electron chi connectivity index (χ3n) is 1.55. The molecule has 0 fully saturated rings. The molecule has 0 spiro atoms. The highest BCUT2D eigenvalue weighted by atomic mass is 32.2. The summed E-state index contributed by atoms with van der Waals surface area (Å²) in [7, 11) is 0. The summed E-state index contributed by atoms with van der Waals surface area (Å²) in [6, 6.07) is 7.16. The molecule has 0 aliphatic heterocycles. The van der Waals surface area contributed by atoms with Gasteiger partial charge in [0.2, 0.25) is 0 Å². The minimum atomic E-state index is -0.852. The Labute approximate surface area is 101 Å².